The Kier molecular flexibility index (Phi) is 8.52. The maximum atomic E-state index is 12.3. The van der Waals surface area contributed by atoms with Crippen LogP contribution in [0.4, 0.5) is 0 Å². The molecule has 0 spiro atoms. The fourth-order valence-corrected chi connectivity index (χ4v) is 3.74. The molecule has 0 N–H and O–H groups in total. The topological polar surface area (TPSA) is 42.0 Å². The second-order valence-electron chi connectivity index (χ2n) is 8.05. The number of allylic oxidation sites excluding steroid dienone is 1. The van der Waals surface area contributed by atoms with Crippen LogP contribution in [0.2, 0.25) is 5.02 Å². The molecule has 1 heterocycles. The zero-order valence-corrected chi connectivity index (χ0v) is 19.3. The van der Waals surface area contributed by atoms with Gasteiger partial charge in [0.15, 0.2) is 0 Å². The van der Waals surface area contributed by atoms with Gasteiger partial charge < -0.3 is 14.4 Å². The average molecular weight is 443 g/mol. The second-order valence-corrected chi connectivity index (χ2v) is 8.49. The van der Waals surface area contributed by atoms with Gasteiger partial charge in [0, 0.05) is 43.8 Å². The Bertz CT molecular complexity index is 886. The molecule has 0 saturated carbocycles. The van der Waals surface area contributed by atoms with Crippen molar-refractivity contribution in [3.05, 3.63) is 76.3 Å². The van der Waals surface area contributed by atoms with Crippen molar-refractivity contribution in [3.8, 4) is 5.75 Å². The lowest BCUT2D eigenvalue weighted by molar-refractivity contribution is -0.128. The average Bonchev–Trinajstić information content (AvgIpc) is 2.77. The van der Waals surface area contributed by atoms with Gasteiger partial charge in [-0.2, -0.15) is 0 Å². The predicted molar refractivity (Wildman–Crippen MR) is 124 cm³/mol. The molecule has 1 aliphatic heterocycles. The van der Waals surface area contributed by atoms with Crippen LogP contribution in [0.15, 0.2) is 60.2 Å². The van der Waals surface area contributed by atoms with Crippen LogP contribution in [0, 0.1) is 0 Å². The SMILES string of the molecule is COc1cccc(COC(CN2CCN(C(=O)C=C(C)C)CC2)c2ccc(Cl)cc2)c1. The first-order valence-corrected chi connectivity index (χ1v) is 11.0. The van der Waals surface area contributed by atoms with E-state index in [0.29, 0.717) is 11.6 Å². The maximum Gasteiger partial charge on any atom is 0.246 e. The van der Waals surface area contributed by atoms with E-state index in [1.807, 2.05) is 67.3 Å². The van der Waals surface area contributed by atoms with E-state index in [-0.39, 0.29) is 12.0 Å². The van der Waals surface area contributed by atoms with E-state index >= 15 is 0 Å². The molecule has 1 unspecified atom stereocenters. The van der Waals surface area contributed by atoms with E-state index in [4.69, 9.17) is 21.1 Å². The Hall–Kier alpha value is -2.34. The number of halogens is 1. The van der Waals surface area contributed by atoms with Crippen molar-refractivity contribution >= 4 is 17.5 Å². The van der Waals surface area contributed by atoms with Crippen LogP contribution in [-0.2, 0) is 16.1 Å². The van der Waals surface area contributed by atoms with Gasteiger partial charge in [-0.05, 0) is 49.2 Å². The number of ether oxygens (including phenoxy) is 2. The number of benzene rings is 2. The quantitative estimate of drug-likeness (QED) is 0.555. The number of piperazine rings is 1. The molecule has 0 aromatic heterocycles. The lowest BCUT2D eigenvalue weighted by Gasteiger charge is -2.36. The van der Waals surface area contributed by atoms with Crippen LogP contribution < -0.4 is 4.74 Å². The van der Waals surface area contributed by atoms with Crippen LogP contribution in [0.1, 0.15) is 31.1 Å². The largest absolute Gasteiger partial charge is 0.497 e. The van der Waals surface area contributed by atoms with E-state index in [1.165, 1.54) is 0 Å². The molecule has 2 aromatic carbocycles. The molecule has 1 saturated heterocycles. The highest BCUT2D eigenvalue weighted by Crippen LogP contribution is 2.24. The molecular weight excluding hydrogens is 412 g/mol. The van der Waals surface area contributed by atoms with Gasteiger partial charge in [0.05, 0.1) is 19.8 Å². The van der Waals surface area contributed by atoms with Gasteiger partial charge in [-0.25, -0.2) is 0 Å². The molecule has 31 heavy (non-hydrogen) atoms. The van der Waals surface area contributed by atoms with E-state index in [0.717, 1.165) is 55.2 Å². The lowest BCUT2D eigenvalue weighted by atomic mass is 10.1. The number of methoxy groups -OCH3 is 1. The Morgan fingerprint density at radius 1 is 1.10 bits per heavy atom. The first kappa shape index (κ1) is 23.3. The Balaban J connectivity index is 1.64. The Morgan fingerprint density at radius 2 is 1.81 bits per heavy atom. The minimum atomic E-state index is -0.0940. The third-order valence-corrected chi connectivity index (χ3v) is 5.60. The van der Waals surface area contributed by atoms with Crippen LogP contribution >= 0.6 is 11.6 Å². The molecule has 6 heteroatoms. The fraction of sp³-hybridized carbons (Fsp3) is 0.400. The minimum Gasteiger partial charge on any atom is -0.497 e. The summed E-state index contributed by atoms with van der Waals surface area (Å²) in [6.07, 6.45) is 1.62. The van der Waals surface area contributed by atoms with Gasteiger partial charge in [0.1, 0.15) is 5.75 Å². The third-order valence-electron chi connectivity index (χ3n) is 5.35. The van der Waals surface area contributed by atoms with Gasteiger partial charge in [0.25, 0.3) is 0 Å². The highest BCUT2D eigenvalue weighted by atomic mass is 35.5. The molecule has 1 aliphatic rings. The van der Waals surface area contributed by atoms with Crippen molar-refractivity contribution < 1.29 is 14.3 Å². The monoisotopic (exact) mass is 442 g/mol. The molecule has 5 nitrogen and oxygen atoms in total. The molecular formula is C25H31ClN2O3. The van der Waals surface area contributed by atoms with Gasteiger partial charge in [-0.1, -0.05) is 41.4 Å². The zero-order valence-electron chi connectivity index (χ0n) is 18.5. The number of amides is 1. The summed E-state index contributed by atoms with van der Waals surface area (Å²) in [6.45, 7) is 8.26. The molecule has 1 fully saturated rings. The highest BCUT2D eigenvalue weighted by molar-refractivity contribution is 6.30. The molecule has 0 aliphatic carbocycles. The summed E-state index contributed by atoms with van der Waals surface area (Å²) in [4.78, 5) is 16.6. The van der Waals surface area contributed by atoms with Crippen molar-refractivity contribution in [1.29, 1.82) is 0 Å². The first-order valence-electron chi connectivity index (χ1n) is 10.6. The summed E-state index contributed by atoms with van der Waals surface area (Å²) in [5.41, 5.74) is 3.19. The summed E-state index contributed by atoms with van der Waals surface area (Å²) in [5, 5.41) is 0.710. The molecule has 1 atom stereocenters. The van der Waals surface area contributed by atoms with Crippen LogP contribution in [0.3, 0.4) is 0 Å². The van der Waals surface area contributed by atoms with Crippen LogP contribution in [0.5, 0.6) is 5.75 Å². The lowest BCUT2D eigenvalue weighted by Crippen LogP contribution is -2.49. The number of carbonyl (C=O) groups is 1. The van der Waals surface area contributed by atoms with E-state index in [1.54, 1.807) is 13.2 Å². The zero-order chi connectivity index (χ0) is 22.2. The normalized spacial score (nSPS) is 15.4. The van der Waals surface area contributed by atoms with E-state index in [9.17, 15) is 4.79 Å². The Morgan fingerprint density at radius 3 is 2.45 bits per heavy atom. The molecule has 3 rings (SSSR count). The van der Waals surface area contributed by atoms with Gasteiger partial charge in [-0.15, -0.1) is 0 Å². The standard InChI is InChI=1S/C25H31ClN2O3/c1-19(2)15-25(29)28-13-11-27(12-14-28)17-24(21-7-9-22(26)10-8-21)31-18-20-5-4-6-23(16-20)30-3/h4-10,15-16,24H,11-14,17-18H2,1-3H3. The fourth-order valence-electron chi connectivity index (χ4n) is 3.61. The summed E-state index contributed by atoms with van der Waals surface area (Å²) in [5.74, 6) is 0.921. The molecule has 0 radical (unpaired) electrons. The predicted octanol–water partition coefficient (Wildman–Crippen LogP) is 4.72. The van der Waals surface area contributed by atoms with Crippen molar-refractivity contribution in [1.82, 2.24) is 9.80 Å². The van der Waals surface area contributed by atoms with Gasteiger partial charge in [-0.3, -0.25) is 9.69 Å². The number of hydrogen-bond acceptors (Lipinski definition) is 4. The smallest absolute Gasteiger partial charge is 0.246 e. The van der Waals surface area contributed by atoms with Crippen LogP contribution in [-0.4, -0.2) is 55.5 Å². The minimum absolute atomic E-state index is 0.0940. The van der Waals surface area contributed by atoms with Gasteiger partial charge >= 0.3 is 0 Å². The molecule has 2 aromatic rings. The summed E-state index contributed by atoms with van der Waals surface area (Å²) in [7, 11) is 1.67. The van der Waals surface area contributed by atoms with Crippen molar-refractivity contribution in [2.24, 2.45) is 0 Å². The maximum absolute atomic E-state index is 12.3. The second kappa shape index (κ2) is 11.3. The molecule has 166 valence electrons. The van der Waals surface area contributed by atoms with Crippen molar-refractivity contribution in [3.63, 3.8) is 0 Å². The van der Waals surface area contributed by atoms with E-state index in [2.05, 4.69) is 4.90 Å². The number of carbonyl (C=O) groups excluding carboxylic acids is 1. The first-order chi connectivity index (χ1) is 14.9. The van der Waals surface area contributed by atoms with E-state index < -0.39 is 0 Å². The summed E-state index contributed by atoms with van der Waals surface area (Å²) < 4.78 is 11.7. The van der Waals surface area contributed by atoms with Crippen molar-refractivity contribution in [2.45, 2.75) is 26.6 Å². The number of rotatable bonds is 8. The molecule has 1 amide bonds. The summed E-state index contributed by atoms with van der Waals surface area (Å²) in [6, 6.07) is 15.8. The van der Waals surface area contributed by atoms with Crippen molar-refractivity contribution in [2.75, 3.05) is 39.8 Å². The summed E-state index contributed by atoms with van der Waals surface area (Å²) >= 11 is 6.09. The van der Waals surface area contributed by atoms with Crippen LogP contribution in [0.25, 0.3) is 0 Å². The highest BCUT2D eigenvalue weighted by Gasteiger charge is 2.23. The molecule has 0 bridgehead atoms. The van der Waals surface area contributed by atoms with Gasteiger partial charge in [0.2, 0.25) is 5.91 Å². The third kappa shape index (κ3) is 7.10. The Labute approximate surface area is 190 Å². The number of nitrogens with zero attached hydrogens (tertiary/aromatic N) is 2. The number of hydrogen-bond donors (Lipinski definition) is 0.